The molecule has 3 rings (SSSR count). The van der Waals surface area contributed by atoms with Crippen molar-refractivity contribution in [2.45, 2.75) is 43.1 Å². The molecule has 5 heteroatoms. The molecule has 20 heavy (non-hydrogen) atoms. The third-order valence-corrected chi connectivity index (χ3v) is 6.62. The highest BCUT2D eigenvalue weighted by Gasteiger charge is 2.43. The number of carbonyl (C=O) groups is 1. The predicted octanol–water partition coefficient (Wildman–Crippen LogP) is 3.15. The zero-order chi connectivity index (χ0) is 14.4. The summed E-state index contributed by atoms with van der Waals surface area (Å²) in [6, 6.07) is 2.07. The quantitative estimate of drug-likeness (QED) is 0.786. The average Bonchev–Trinajstić information content (AvgIpc) is 2.65. The number of aryl methyl sites for hydroxylation is 1. The van der Waals surface area contributed by atoms with Crippen molar-refractivity contribution in [1.29, 1.82) is 0 Å². The topological polar surface area (TPSA) is 34.1 Å². The molecule has 0 radical (unpaired) electrons. The van der Waals surface area contributed by atoms with Crippen LogP contribution in [0.15, 0.2) is 12.1 Å². The number of hydrogen-bond acceptors (Lipinski definition) is 2. The van der Waals surface area contributed by atoms with E-state index in [9.17, 15) is 17.8 Å². The van der Waals surface area contributed by atoms with Crippen molar-refractivity contribution in [3.63, 3.8) is 0 Å². The molecule has 2 nitrogen and oxygen atoms in total. The molecule has 108 valence electrons. The predicted molar refractivity (Wildman–Crippen MR) is 73.1 cm³/mol. The lowest BCUT2D eigenvalue weighted by Crippen LogP contribution is -2.32. The third kappa shape index (κ3) is 2.22. The molecular formula is C15H16F2O2S. The molecule has 2 aliphatic rings. The van der Waals surface area contributed by atoms with E-state index in [1.165, 1.54) is 13.0 Å². The van der Waals surface area contributed by atoms with Gasteiger partial charge in [0.15, 0.2) is 5.78 Å². The van der Waals surface area contributed by atoms with Gasteiger partial charge in [-0.3, -0.25) is 9.00 Å². The van der Waals surface area contributed by atoms with Crippen molar-refractivity contribution >= 4 is 16.6 Å². The van der Waals surface area contributed by atoms with E-state index < -0.39 is 22.4 Å². The Morgan fingerprint density at radius 3 is 2.35 bits per heavy atom. The molecule has 0 aromatic heterocycles. The van der Waals surface area contributed by atoms with Crippen molar-refractivity contribution in [1.82, 2.24) is 0 Å². The van der Waals surface area contributed by atoms with E-state index in [4.69, 9.17) is 0 Å². The van der Waals surface area contributed by atoms with Crippen molar-refractivity contribution in [2.24, 2.45) is 5.92 Å². The van der Waals surface area contributed by atoms with Gasteiger partial charge in [0.05, 0.1) is 5.56 Å². The lowest BCUT2D eigenvalue weighted by molar-refractivity contribution is 0.0901. The minimum absolute atomic E-state index is 0.0269. The Labute approximate surface area is 119 Å². The van der Waals surface area contributed by atoms with Gasteiger partial charge in [-0.05, 0) is 44.2 Å². The van der Waals surface area contributed by atoms with Gasteiger partial charge in [-0.2, -0.15) is 0 Å². The van der Waals surface area contributed by atoms with Crippen LogP contribution in [0, 0.1) is 24.5 Å². The Morgan fingerprint density at radius 1 is 1.15 bits per heavy atom. The van der Waals surface area contributed by atoms with Crippen LogP contribution in [0.1, 0.15) is 41.6 Å². The van der Waals surface area contributed by atoms with Crippen LogP contribution >= 0.6 is 0 Å². The zero-order valence-corrected chi connectivity index (χ0v) is 12.0. The van der Waals surface area contributed by atoms with E-state index >= 15 is 0 Å². The average molecular weight is 298 g/mol. The summed E-state index contributed by atoms with van der Waals surface area (Å²) in [5.74, 6) is -1.97. The van der Waals surface area contributed by atoms with Crippen LogP contribution in [0.5, 0.6) is 0 Å². The van der Waals surface area contributed by atoms with Gasteiger partial charge in [-0.1, -0.05) is 0 Å². The van der Waals surface area contributed by atoms with Crippen molar-refractivity contribution < 1.29 is 17.8 Å². The molecule has 0 saturated carbocycles. The number of fused-ring (bicyclic) bond motifs is 2. The second-order valence-electron chi connectivity index (χ2n) is 5.76. The summed E-state index contributed by atoms with van der Waals surface area (Å²) < 4.78 is 39.0. The van der Waals surface area contributed by atoms with Gasteiger partial charge < -0.3 is 0 Å². The van der Waals surface area contributed by atoms with E-state index in [1.807, 2.05) is 0 Å². The molecule has 2 heterocycles. The van der Waals surface area contributed by atoms with Crippen LogP contribution in [-0.2, 0) is 10.8 Å². The first-order valence-electron chi connectivity index (χ1n) is 6.86. The van der Waals surface area contributed by atoms with Gasteiger partial charge >= 0.3 is 0 Å². The first kappa shape index (κ1) is 13.9. The van der Waals surface area contributed by atoms with Gasteiger partial charge in [-0.15, -0.1) is 0 Å². The molecule has 0 amide bonds. The highest BCUT2D eigenvalue weighted by molar-refractivity contribution is 7.86. The summed E-state index contributed by atoms with van der Waals surface area (Å²) in [7, 11) is -0.832. The Morgan fingerprint density at radius 2 is 1.75 bits per heavy atom. The van der Waals surface area contributed by atoms with Gasteiger partial charge in [-0.25, -0.2) is 8.78 Å². The summed E-state index contributed by atoms with van der Waals surface area (Å²) in [6.07, 6.45) is 2.92. The number of halogens is 2. The zero-order valence-electron chi connectivity index (χ0n) is 11.2. The number of Topliss-reactive ketones (excluding diaryl/α,β-unsaturated/α-hetero) is 1. The molecule has 2 saturated heterocycles. The summed E-state index contributed by atoms with van der Waals surface area (Å²) in [6.45, 7) is 1.52. The van der Waals surface area contributed by atoms with Gasteiger partial charge in [0.1, 0.15) is 11.6 Å². The normalized spacial score (nSPS) is 32.4. The highest BCUT2D eigenvalue weighted by atomic mass is 32.2. The summed E-state index contributed by atoms with van der Waals surface area (Å²) in [5.41, 5.74) is 0.248. The fraction of sp³-hybridized carbons (Fsp3) is 0.533. The molecule has 0 aliphatic carbocycles. The molecule has 2 atom stereocenters. The van der Waals surface area contributed by atoms with Crippen molar-refractivity contribution in [3.05, 3.63) is 34.9 Å². The van der Waals surface area contributed by atoms with Crippen molar-refractivity contribution in [3.8, 4) is 0 Å². The van der Waals surface area contributed by atoms with E-state index in [0.717, 1.165) is 18.9 Å². The molecule has 0 spiro atoms. The van der Waals surface area contributed by atoms with Gasteiger partial charge in [0.25, 0.3) is 0 Å². The van der Waals surface area contributed by atoms with Gasteiger partial charge in [0.2, 0.25) is 0 Å². The lowest BCUT2D eigenvalue weighted by Gasteiger charge is -2.26. The number of hydrogen-bond donors (Lipinski definition) is 0. The number of benzene rings is 1. The monoisotopic (exact) mass is 298 g/mol. The molecule has 0 N–H and O–H groups in total. The van der Waals surface area contributed by atoms with E-state index in [-0.39, 0.29) is 33.3 Å². The van der Waals surface area contributed by atoms with Crippen LogP contribution < -0.4 is 0 Å². The minimum atomic E-state index is -0.832. The highest BCUT2D eigenvalue weighted by Crippen LogP contribution is 2.40. The van der Waals surface area contributed by atoms with Crippen LogP contribution in [-0.4, -0.2) is 20.5 Å². The summed E-state index contributed by atoms with van der Waals surface area (Å²) in [5, 5.41) is 0.152. The number of ketones is 1. The summed E-state index contributed by atoms with van der Waals surface area (Å²) >= 11 is 0. The smallest absolute Gasteiger partial charge is 0.168 e. The van der Waals surface area contributed by atoms with Crippen LogP contribution in [0.25, 0.3) is 0 Å². The first-order valence-corrected chi connectivity index (χ1v) is 8.14. The Kier molecular flexibility index (Phi) is 3.48. The molecule has 1 aromatic carbocycles. The largest absolute Gasteiger partial charge is 0.294 e. The minimum Gasteiger partial charge on any atom is -0.294 e. The Balaban J connectivity index is 1.87. The van der Waals surface area contributed by atoms with E-state index in [1.54, 1.807) is 0 Å². The summed E-state index contributed by atoms with van der Waals surface area (Å²) in [4.78, 5) is 12.4. The molecular weight excluding hydrogens is 282 g/mol. The second-order valence-corrected chi connectivity index (χ2v) is 7.75. The Hall–Kier alpha value is -1.10. The van der Waals surface area contributed by atoms with Crippen LogP contribution in [0.4, 0.5) is 8.78 Å². The molecule has 2 aliphatic heterocycles. The molecule has 2 unspecified atom stereocenters. The van der Waals surface area contributed by atoms with Crippen molar-refractivity contribution in [2.75, 3.05) is 0 Å². The second kappa shape index (κ2) is 5.02. The molecule has 2 bridgehead atoms. The maximum absolute atomic E-state index is 13.8. The number of rotatable bonds is 2. The fourth-order valence-corrected chi connectivity index (χ4v) is 5.44. The maximum Gasteiger partial charge on any atom is 0.168 e. The lowest BCUT2D eigenvalue weighted by atomic mass is 9.89. The van der Waals surface area contributed by atoms with Crippen LogP contribution in [0.2, 0.25) is 0 Å². The first-order chi connectivity index (χ1) is 9.47. The molecule has 1 aromatic rings. The molecule has 2 fully saturated rings. The van der Waals surface area contributed by atoms with Gasteiger partial charge in [0, 0.05) is 33.3 Å². The fourth-order valence-electron chi connectivity index (χ4n) is 3.31. The van der Waals surface area contributed by atoms with E-state index in [0.29, 0.717) is 12.8 Å². The SMILES string of the molecule is Cc1cc(C(=O)C2CC3CCC(C2)S3=O)c(F)cc1F. The maximum atomic E-state index is 13.8. The van der Waals surface area contributed by atoms with Crippen LogP contribution in [0.3, 0.4) is 0 Å². The standard InChI is InChI=1S/C15H16F2O2S/c1-8-4-12(14(17)7-13(8)16)15(18)9-5-10-2-3-11(6-9)20(10)19/h4,7,9-11H,2-3,5-6H2,1H3. The third-order valence-electron chi connectivity index (χ3n) is 4.45. The number of carbonyl (C=O) groups excluding carboxylic acids is 1. The van der Waals surface area contributed by atoms with E-state index in [2.05, 4.69) is 0 Å². The Bertz CT molecular complexity index is 584.